The summed E-state index contributed by atoms with van der Waals surface area (Å²) in [5, 5.41) is 4.38. The highest BCUT2D eigenvalue weighted by molar-refractivity contribution is 9.10. The van der Waals surface area contributed by atoms with E-state index in [0.717, 1.165) is 34.3 Å². The quantitative estimate of drug-likeness (QED) is 0.908. The number of carbonyl (C=O) groups is 1. The number of nitrogens with zero attached hydrogens (tertiary/aromatic N) is 2. The number of nitrogens with two attached hydrogens (primary N) is 1. The zero-order valence-corrected chi connectivity index (χ0v) is 13.8. The van der Waals surface area contributed by atoms with E-state index in [1.165, 1.54) is 11.1 Å². The fourth-order valence-corrected chi connectivity index (χ4v) is 3.53. The van der Waals surface area contributed by atoms with E-state index in [4.69, 9.17) is 5.73 Å². The number of benzene rings is 1. The average Bonchev–Trinajstić information content (AvgIpc) is 2.98. The van der Waals surface area contributed by atoms with Gasteiger partial charge in [0.1, 0.15) is 0 Å². The summed E-state index contributed by atoms with van der Waals surface area (Å²) in [6.45, 7) is 4.24. The van der Waals surface area contributed by atoms with Gasteiger partial charge in [0.05, 0.1) is 5.69 Å². The van der Waals surface area contributed by atoms with E-state index in [-0.39, 0.29) is 11.8 Å². The molecular weight excluding hydrogens is 330 g/mol. The third kappa shape index (κ3) is 2.45. The van der Waals surface area contributed by atoms with Gasteiger partial charge in [0.15, 0.2) is 0 Å². The summed E-state index contributed by atoms with van der Waals surface area (Å²) < 4.78 is 2.61. The predicted molar refractivity (Wildman–Crippen MR) is 85.3 cm³/mol. The van der Waals surface area contributed by atoms with Crippen molar-refractivity contribution in [3.63, 3.8) is 0 Å². The first-order valence-electron chi connectivity index (χ1n) is 7.08. The molecule has 5 heteroatoms. The van der Waals surface area contributed by atoms with Crippen LogP contribution in [0.25, 0.3) is 0 Å². The summed E-state index contributed by atoms with van der Waals surface area (Å²) in [6.07, 6.45) is 1.57. The van der Waals surface area contributed by atoms with Crippen molar-refractivity contribution in [2.75, 3.05) is 0 Å². The highest BCUT2D eigenvalue weighted by Crippen LogP contribution is 2.30. The van der Waals surface area contributed by atoms with Gasteiger partial charge in [-0.15, -0.1) is 0 Å². The lowest BCUT2D eigenvalue weighted by atomic mass is 10.1. The second-order valence-electron chi connectivity index (χ2n) is 5.62. The molecule has 0 bridgehead atoms. The Morgan fingerprint density at radius 1 is 1.38 bits per heavy atom. The van der Waals surface area contributed by atoms with Crippen molar-refractivity contribution in [3.05, 3.63) is 50.8 Å². The van der Waals surface area contributed by atoms with Crippen LogP contribution in [-0.4, -0.2) is 15.7 Å². The average molecular weight is 348 g/mol. The molecule has 0 radical (unpaired) electrons. The van der Waals surface area contributed by atoms with E-state index in [1.807, 2.05) is 19.9 Å². The van der Waals surface area contributed by atoms with E-state index >= 15 is 0 Å². The maximum absolute atomic E-state index is 12.8. The van der Waals surface area contributed by atoms with Crippen LogP contribution < -0.4 is 5.73 Å². The van der Waals surface area contributed by atoms with Gasteiger partial charge in [-0.25, -0.2) is 4.68 Å². The molecule has 2 aromatic rings. The molecule has 1 atom stereocenters. The molecule has 110 valence electrons. The summed E-state index contributed by atoms with van der Waals surface area (Å²) >= 11 is 3.48. The van der Waals surface area contributed by atoms with E-state index in [1.54, 1.807) is 4.68 Å². The van der Waals surface area contributed by atoms with Crippen LogP contribution in [0.4, 0.5) is 0 Å². The topological polar surface area (TPSA) is 60.9 Å². The lowest BCUT2D eigenvalue weighted by molar-refractivity contribution is 0.0819. The molecule has 0 amide bonds. The van der Waals surface area contributed by atoms with Gasteiger partial charge in [0.2, 0.25) is 0 Å². The third-order valence-corrected chi connectivity index (χ3v) is 4.80. The molecule has 1 unspecified atom stereocenters. The van der Waals surface area contributed by atoms with Gasteiger partial charge in [-0.3, -0.25) is 4.79 Å². The number of hydrogen-bond donors (Lipinski definition) is 1. The molecule has 21 heavy (non-hydrogen) atoms. The number of aryl methyl sites for hydroxylation is 1. The fourth-order valence-electron chi connectivity index (χ4n) is 3.12. The highest BCUT2D eigenvalue weighted by Gasteiger charge is 2.30. The summed E-state index contributed by atoms with van der Waals surface area (Å²) in [5.41, 5.74) is 10.9. The SMILES string of the molecule is Cc1nn(C(=O)C2Cc3ccc(Br)cc3C2)c(C)c1CN. The van der Waals surface area contributed by atoms with Crippen molar-refractivity contribution in [1.29, 1.82) is 0 Å². The van der Waals surface area contributed by atoms with Crippen molar-refractivity contribution in [1.82, 2.24) is 9.78 Å². The molecule has 1 aliphatic rings. The van der Waals surface area contributed by atoms with Gasteiger partial charge in [-0.1, -0.05) is 22.0 Å². The molecule has 1 aromatic heterocycles. The van der Waals surface area contributed by atoms with Crippen LogP contribution in [0, 0.1) is 19.8 Å². The Morgan fingerprint density at radius 2 is 2.10 bits per heavy atom. The van der Waals surface area contributed by atoms with Crippen LogP contribution in [0.3, 0.4) is 0 Å². The number of aromatic nitrogens is 2. The van der Waals surface area contributed by atoms with Crippen molar-refractivity contribution < 1.29 is 4.79 Å². The lowest BCUT2D eigenvalue weighted by Crippen LogP contribution is -2.24. The smallest absolute Gasteiger partial charge is 0.250 e. The van der Waals surface area contributed by atoms with Crippen LogP contribution in [0.1, 0.15) is 32.9 Å². The second-order valence-corrected chi connectivity index (χ2v) is 6.54. The van der Waals surface area contributed by atoms with E-state index < -0.39 is 0 Å². The summed E-state index contributed by atoms with van der Waals surface area (Å²) in [7, 11) is 0. The molecule has 1 aromatic carbocycles. The van der Waals surface area contributed by atoms with Crippen LogP contribution >= 0.6 is 15.9 Å². The number of fused-ring (bicyclic) bond motifs is 1. The van der Waals surface area contributed by atoms with Crippen molar-refractivity contribution >= 4 is 21.8 Å². The molecule has 0 saturated heterocycles. The Hall–Kier alpha value is -1.46. The Morgan fingerprint density at radius 3 is 2.76 bits per heavy atom. The standard InChI is InChI=1S/C16H18BrN3O/c1-9-15(8-18)10(2)20(19-9)16(21)13-5-11-3-4-14(17)7-12(11)6-13/h3-4,7,13H,5-6,8,18H2,1-2H3. The van der Waals surface area contributed by atoms with Crippen LogP contribution in [0.5, 0.6) is 0 Å². The first kappa shape index (κ1) is 14.5. The van der Waals surface area contributed by atoms with E-state index in [2.05, 4.69) is 33.2 Å². The third-order valence-electron chi connectivity index (χ3n) is 4.30. The molecule has 0 spiro atoms. The first-order chi connectivity index (χ1) is 10.0. The highest BCUT2D eigenvalue weighted by atomic mass is 79.9. The normalized spacial score (nSPS) is 17.0. The van der Waals surface area contributed by atoms with Gasteiger partial charge in [0.25, 0.3) is 5.91 Å². The summed E-state index contributed by atoms with van der Waals surface area (Å²) in [6, 6.07) is 6.23. The Bertz CT molecular complexity index is 721. The fraction of sp³-hybridized carbons (Fsp3) is 0.375. The largest absolute Gasteiger partial charge is 0.326 e. The Balaban J connectivity index is 1.88. The molecule has 1 heterocycles. The van der Waals surface area contributed by atoms with Gasteiger partial charge in [-0.2, -0.15) is 5.10 Å². The summed E-state index contributed by atoms with van der Waals surface area (Å²) in [4.78, 5) is 12.8. The minimum atomic E-state index is -0.0297. The lowest BCUT2D eigenvalue weighted by Gasteiger charge is -2.09. The van der Waals surface area contributed by atoms with Gasteiger partial charge >= 0.3 is 0 Å². The van der Waals surface area contributed by atoms with Crippen LogP contribution in [0.15, 0.2) is 22.7 Å². The van der Waals surface area contributed by atoms with E-state index in [0.29, 0.717) is 6.54 Å². The Labute approximate surface area is 132 Å². The first-order valence-corrected chi connectivity index (χ1v) is 7.87. The molecule has 3 rings (SSSR count). The van der Waals surface area contributed by atoms with E-state index in [9.17, 15) is 4.79 Å². The van der Waals surface area contributed by atoms with Crippen molar-refractivity contribution in [2.24, 2.45) is 11.7 Å². The monoisotopic (exact) mass is 347 g/mol. The number of halogens is 1. The van der Waals surface area contributed by atoms with Gasteiger partial charge in [0, 0.05) is 28.2 Å². The maximum Gasteiger partial charge on any atom is 0.250 e. The molecule has 4 nitrogen and oxygen atoms in total. The van der Waals surface area contributed by atoms with Crippen LogP contribution in [0.2, 0.25) is 0 Å². The zero-order chi connectivity index (χ0) is 15.1. The van der Waals surface area contributed by atoms with Crippen molar-refractivity contribution in [3.8, 4) is 0 Å². The molecule has 0 aliphatic heterocycles. The zero-order valence-electron chi connectivity index (χ0n) is 12.2. The molecular formula is C16H18BrN3O. The summed E-state index contributed by atoms with van der Waals surface area (Å²) in [5.74, 6) is 0.0422. The minimum Gasteiger partial charge on any atom is -0.326 e. The predicted octanol–water partition coefficient (Wildman–Crippen LogP) is 2.78. The number of carbonyl (C=O) groups excluding carboxylic acids is 1. The number of hydrogen-bond acceptors (Lipinski definition) is 3. The molecule has 2 N–H and O–H groups in total. The van der Waals surface area contributed by atoms with Gasteiger partial charge < -0.3 is 5.73 Å². The molecule has 1 aliphatic carbocycles. The Kier molecular flexibility index (Phi) is 3.71. The molecule has 0 saturated carbocycles. The minimum absolute atomic E-state index is 0.0297. The maximum atomic E-state index is 12.8. The molecule has 0 fully saturated rings. The van der Waals surface area contributed by atoms with Crippen LogP contribution in [-0.2, 0) is 19.4 Å². The van der Waals surface area contributed by atoms with Gasteiger partial charge in [-0.05, 0) is 49.9 Å². The van der Waals surface area contributed by atoms with Crippen molar-refractivity contribution in [2.45, 2.75) is 33.2 Å². The number of rotatable bonds is 2. The second kappa shape index (κ2) is 5.39.